The number of carbonyl (C=O) groups is 1. The highest BCUT2D eigenvalue weighted by Gasteiger charge is 2.23. The molecule has 1 N–H and O–H groups in total. The lowest BCUT2D eigenvalue weighted by atomic mass is 10.2. The van der Waals surface area contributed by atoms with Crippen molar-refractivity contribution >= 4 is 15.6 Å². The number of hydrogen-bond donors (Lipinski definition) is 1. The molecule has 0 spiro atoms. The molecule has 2 amide bonds. The zero-order valence-corrected chi connectivity index (χ0v) is 15.4. The number of amides is 2. The van der Waals surface area contributed by atoms with Crippen LogP contribution in [0.25, 0.3) is 0 Å². The average Bonchev–Trinajstić information content (AvgIpc) is 2.92. The second kappa shape index (κ2) is 11.9. The molecule has 0 aromatic rings. The third-order valence-electron chi connectivity index (χ3n) is 3.65. The molecule has 1 aliphatic heterocycles. The van der Waals surface area contributed by atoms with Gasteiger partial charge in [-0.2, -0.15) is 0 Å². The molecule has 128 valence electrons. The Kier molecular flexibility index (Phi) is 10.5. The molecule has 1 aliphatic rings. The Hall–Kier alpha value is -0.593. The van der Waals surface area contributed by atoms with Crippen LogP contribution in [0.2, 0.25) is 5.54 Å². The summed E-state index contributed by atoms with van der Waals surface area (Å²) < 4.78 is 11.7. The summed E-state index contributed by atoms with van der Waals surface area (Å²) in [6, 6.07) is 0.0830. The predicted octanol–water partition coefficient (Wildman–Crippen LogP) is 2.83. The summed E-state index contributed by atoms with van der Waals surface area (Å²) in [5.74, 6) is -0.0659. The van der Waals surface area contributed by atoms with Gasteiger partial charge in [-0.15, -0.1) is 0 Å². The summed E-state index contributed by atoms with van der Waals surface area (Å²) in [5.41, 5.74) is 0.581. The number of nitrogens with zero attached hydrogens (tertiary/aromatic N) is 1. The van der Waals surface area contributed by atoms with Crippen molar-refractivity contribution < 1.29 is 14.3 Å². The number of carbonyl (C=O) groups excluding carboxylic acids is 1. The van der Waals surface area contributed by atoms with Gasteiger partial charge in [0.15, 0.2) is 0 Å². The molecule has 0 aliphatic carbocycles. The molecule has 1 unspecified atom stereocenters. The SMILES string of the molecule is CCCOC(OCCC)[Si]C(CCC)CCN1CCNC1=O. The molecule has 0 saturated carbocycles. The third-order valence-corrected chi connectivity index (χ3v) is 5.30. The maximum atomic E-state index is 11.6. The summed E-state index contributed by atoms with van der Waals surface area (Å²) in [6.45, 7) is 10.4. The number of ether oxygens (including phenoxy) is 2. The van der Waals surface area contributed by atoms with E-state index in [1.54, 1.807) is 0 Å². The fraction of sp³-hybridized carbons (Fsp3) is 0.938. The maximum absolute atomic E-state index is 11.6. The van der Waals surface area contributed by atoms with Crippen LogP contribution < -0.4 is 5.32 Å². The predicted molar refractivity (Wildman–Crippen MR) is 90.3 cm³/mol. The molecular weight excluding hydrogens is 296 g/mol. The lowest BCUT2D eigenvalue weighted by Gasteiger charge is -2.24. The van der Waals surface area contributed by atoms with Gasteiger partial charge >= 0.3 is 6.03 Å². The molecule has 0 aromatic carbocycles. The number of rotatable bonds is 13. The summed E-state index contributed by atoms with van der Waals surface area (Å²) >= 11 is 0. The normalized spacial score (nSPS) is 16.4. The van der Waals surface area contributed by atoms with E-state index in [9.17, 15) is 4.79 Å². The zero-order chi connectivity index (χ0) is 16.2. The molecule has 1 saturated heterocycles. The van der Waals surface area contributed by atoms with Crippen LogP contribution in [0.5, 0.6) is 0 Å². The smallest absolute Gasteiger partial charge is 0.317 e. The van der Waals surface area contributed by atoms with Gasteiger partial charge < -0.3 is 19.7 Å². The summed E-state index contributed by atoms with van der Waals surface area (Å²) in [7, 11) is 0.653. The van der Waals surface area contributed by atoms with Crippen molar-refractivity contribution in [3.8, 4) is 0 Å². The minimum Gasteiger partial charge on any atom is -0.357 e. The first-order valence-electron chi connectivity index (χ1n) is 8.73. The van der Waals surface area contributed by atoms with E-state index in [-0.39, 0.29) is 11.9 Å². The van der Waals surface area contributed by atoms with E-state index in [0.717, 1.165) is 58.5 Å². The third kappa shape index (κ3) is 7.60. The lowest BCUT2D eigenvalue weighted by Crippen LogP contribution is -2.33. The van der Waals surface area contributed by atoms with Crippen molar-refractivity contribution in [1.29, 1.82) is 0 Å². The van der Waals surface area contributed by atoms with Gasteiger partial charge in [0.2, 0.25) is 0 Å². The van der Waals surface area contributed by atoms with Crippen LogP contribution >= 0.6 is 0 Å². The molecule has 5 nitrogen and oxygen atoms in total. The van der Waals surface area contributed by atoms with Crippen molar-refractivity contribution in [3.63, 3.8) is 0 Å². The highest BCUT2D eigenvalue weighted by atomic mass is 28.2. The maximum Gasteiger partial charge on any atom is 0.317 e. The molecule has 1 rings (SSSR count). The van der Waals surface area contributed by atoms with Crippen molar-refractivity contribution in [2.24, 2.45) is 0 Å². The van der Waals surface area contributed by atoms with E-state index in [2.05, 4.69) is 26.1 Å². The summed E-state index contributed by atoms with van der Waals surface area (Å²) in [6.07, 6.45) is 5.42. The van der Waals surface area contributed by atoms with Gasteiger partial charge in [0.05, 0.1) is 0 Å². The molecule has 2 radical (unpaired) electrons. The van der Waals surface area contributed by atoms with Gasteiger partial charge in [0.25, 0.3) is 0 Å². The van der Waals surface area contributed by atoms with Crippen molar-refractivity contribution in [2.75, 3.05) is 32.8 Å². The Morgan fingerprint density at radius 3 is 2.32 bits per heavy atom. The van der Waals surface area contributed by atoms with Crippen LogP contribution in [0, 0.1) is 0 Å². The first-order valence-corrected chi connectivity index (χ1v) is 9.88. The minimum atomic E-state index is -0.0659. The Bertz CT molecular complexity index is 297. The van der Waals surface area contributed by atoms with Gasteiger partial charge in [0.1, 0.15) is 15.4 Å². The van der Waals surface area contributed by atoms with Gasteiger partial charge in [-0.05, 0) is 24.8 Å². The second-order valence-electron chi connectivity index (χ2n) is 5.73. The highest BCUT2D eigenvalue weighted by molar-refractivity contribution is 6.38. The Labute approximate surface area is 137 Å². The van der Waals surface area contributed by atoms with Crippen LogP contribution in [0.3, 0.4) is 0 Å². The van der Waals surface area contributed by atoms with Crippen molar-refractivity contribution in [1.82, 2.24) is 10.2 Å². The standard InChI is InChI=1S/C16H32N2O3Si/c1-4-7-14(8-10-18-11-9-17-15(18)19)22-16(20-12-5-2)21-13-6-3/h14,16H,4-13H2,1-3H3,(H,17,19). The van der Waals surface area contributed by atoms with Crippen LogP contribution in [-0.2, 0) is 9.47 Å². The van der Waals surface area contributed by atoms with Crippen LogP contribution in [0.15, 0.2) is 0 Å². The Morgan fingerprint density at radius 1 is 1.14 bits per heavy atom. The largest absolute Gasteiger partial charge is 0.357 e. The quantitative estimate of drug-likeness (QED) is 0.418. The first kappa shape index (κ1) is 19.5. The van der Waals surface area contributed by atoms with E-state index in [4.69, 9.17) is 9.47 Å². The van der Waals surface area contributed by atoms with E-state index < -0.39 is 0 Å². The summed E-state index contributed by atoms with van der Waals surface area (Å²) in [5, 5.41) is 2.86. The van der Waals surface area contributed by atoms with Crippen LogP contribution in [0.1, 0.15) is 52.9 Å². The van der Waals surface area contributed by atoms with E-state index in [0.29, 0.717) is 15.1 Å². The topological polar surface area (TPSA) is 50.8 Å². The first-order chi connectivity index (χ1) is 10.7. The Morgan fingerprint density at radius 2 is 1.82 bits per heavy atom. The number of urea groups is 1. The lowest BCUT2D eigenvalue weighted by molar-refractivity contribution is -0.0912. The fourth-order valence-corrected chi connectivity index (χ4v) is 4.05. The highest BCUT2D eigenvalue weighted by Crippen LogP contribution is 2.20. The second-order valence-corrected chi connectivity index (χ2v) is 7.35. The number of hydrogen-bond acceptors (Lipinski definition) is 3. The molecule has 22 heavy (non-hydrogen) atoms. The average molecular weight is 329 g/mol. The van der Waals surface area contributed by atoms with E-state index in [1.807, 2.05) is 4.90 Å². The monoisotopic (exact) mass is 328 g/mol. The molecule has 0 bridgehead atoms. The van der Waals surface area contributed by atoms with E-state index in [1.165, 1.54) is 6.42 Å². The number of nitrogens with one attached hydrogen (secondary N) is 1. The van der Waals surface area contributed by atoms with Gasteiger partial charge in [-0.1, -0.05) is 33.6 Å². The minimum absolute atomic E-state index is 0.0659. The van der Waals surface area contributed by atoms with E-state index >= 15 is 0 Å². The van der Waals surface area contributed by atoms with Crippen molar-refractivity contribution in [2.45, 2.75) is 64.3 Å². The van der Waals surface area contributed by atoms with Gasteiger partial charge in [-0.3, -0.25) is 0 Å². The summed E-state index contributed by atoms with van der Waals surface area (Å²) in [4.78, 5) is 13.5. The van der Waals surface area contributed by atoms with Crippen LogP contribution in [0.4, 0.5) is 4.79 Å². The fourth-order valence-electron chi connectivity index (χ4n) is 2.48. The molecule has 0 aromatic heterocycles. The van der Waals surface area contributed by atoms with Crippen LogP contribution in [-0.4, -0.2) is 59.2 Å². The van der Waals surface area contributed by atoms with Gasteiger partial charge in [0, 0.05) is 32.8 Å². The molecule has 1 fully saturated rings. The van der Waals surface area contributed by atoms with Gasteiger partial charge in [-0.25, -0.2) is 4.79 Å². The zero-order valence-electron chi connectivity index (χ0n) is 14.4. The Balaban J connectivity index is 2.41. The van der Waals surface area contributed by atoms with Crippen molar-refractivity contribution in [3.05, 3.63) is 0 Å². The molecular formula is C16H32N2O3Si. The molecule has 6 heteroatoms. The molecule has 1 heterocycles. The molecule has 1 atom stereocenters.